The minimum atomic E-state index is -0.0188. The predicted octanol–water partition coefficient (Wildman–Crippen LogP) is 4.93. The SMILES string of the molecule is CCN1CCN(c2cc(Nc3ccc(OC)cc3)c3c4c(onc24)-c2ccccc2C3=O)CC1. The molecular formula is C27H26N4O3. The van der Waals surface area contributed by atoms with Crippen LogP contribution in [0.5, 0.6) is 5.75 Å². The van der Waals surface area contributed by atoms with Crippen molar-refractivity contribution in [2.45, 2.75) is 6.92 Å². The standard InChI is InChI=1S/C27H26N4O3/c1-3-30-12-14-31(15-13-30)22-16-21(28-17-8-10-18(33-2)11-9-17)23-24-25(22)29-34-27(24)20-7-5-4-6-19(20)26(23)32/h4-11,16,28H,3,12-15H2,1-2H3. The maximum Gasteiger partial charge on any atom is 0.196 e. The molecule has 1 aliphatic carbocycles. The molecule has 4 aromatic rings. The van der Waals surface area contributed by atoms with E-state index in [1.54, 1.807) is 7.11 Å². The van der Waals surface area contributed by atoms with Gasteiger partial charge in [0.25, 0.3) is 0 Å². The second-order valence-corrected chi connectivity index (χ2v) is 8.70. The quantitative estimate of drug-likeness (QED) is 0.404. The number of benzene rings is 3. The van der Waals surface area contributed by atoms with Gasteiger partial charge in [-0.2, -0.15) is 0 Å². The molecule has 6 rings (SSSR count). The zero-order chi connectivity index (χ0) is 23.2. The molecule has 0 unspecified atom stereocenters. The van der Waals surface area contributed by atoms with Gasteiger partial charge in [0.05, 0.1) is 29.4 Å². The van der Waals surface area contributed by atoms with Crippen LogP contribution in [0.15, 0.2) is 59.1 Å². The Kier molecular flexibility index (Phi) is 4.99. The lowest BCUT2D eigenvalue weighted by Crippen LogP contribution is -2.46. The van der Waals surface area contributed by atoms with Crippen LogP contribution in [-0.2, 0) is 0 Å². The van der Waals surface area contributed by atoms with E-state index in [9.17, 15) is 4.79 Å². The van der Waals surface area contributed by atoms with Gasteiger partial charge in [-0.15, -0.1) is 0 Å². The summed E-state index contributed by atoms with van der Waals surface area (Å²) in [7, 11) is 1.65. The molecule has 0 amide bonds. The number of hydrogen-bond acceptors (Lipinski definition) is 7. The van der Waals surface area contributed by atoms with Crippen molar-refractivity contribution < 1.29 is 14.1 Å². The molecule has 1 N–H and O–H groups in total. The summed E-state index contributed by atoms with van der Waals surface area (Å²) in [5.41, 5.74) is 5.42. The molecule has 0 spiro atoms. The molecule has 7 heteroatoms. The fourth-order valence-electron chi connectivity index (χ4n) is 5.02. The molecule has 172 valence electrons. The van der Waals surface area contributed by atoms with Crippen molar-refractivity contribution >= 4 is 33.7 Å². The van der Waals surface area contributed by atoms with Crippen LogP contribution in [-0.4, -0.2) is 55.7 Å². The number of carbonyl (C=O) groups is 1. The number of ether oxygens (including phenoxy) is 1. The number of anilines is 3. The minimum absolute atomic E-state index is 0.0188. The van der Waals surface area contributed by atoms with E-state index >= 15 is 0 Å². The Morgan fingerprint density at radius 3 is 2.47 bits per heavy atom. The van der Waals surface area contributed by atoms with Gasteiger partial charge >= 0.3 is 0 Å². The van der Waals surface area contributed by atoms with Crippen molar-refractivity contribution in [2.75, 3.05) is 50.1 Å². The Labute approximate surface area is 197 Å². The van der Waals surface area contributed by atoms with Gasteiger partial charge in [-0.05, 0) is 36.9 Å². The fraction of sp³-hybridized carbons (Fsp3) is 0.259. The van der Waals surface area contributed by atoms with E-state index in [1.807, 2.05) is 48.5 Å². The average Bonchev–Trinajstić information content (AvgIpc) is 3.33. The highest BCUT2D eigenvalue weighted by atomic mass is 16.5. The van der Waals surface area contributed by atoms with Gasteiger partial charge in [-0.1, -0.05) is 36.3 Å². The van der Waals surface area contributed by atoms with Crippen LogP contribution in [0, 0.1) is 0 Å². The fourth-order valence-corrected chi connectivity index (χ4v) is 5.02. The molecule has 1 aliphatic heterocycles. The largest absolute Gasteiger partial charge is 0.497 e. The van der Waals surface area contributed by atoms with E-state index in [1.165, 1.54) is 0 Å². The molecule has 1 aromatic heterocycles. The van der Waals surface area contributed by atoms with Crippen LogP contribution in [0.25, 0.3) is 22.2 Å². The van der Waals surface area contributed by atoms with E-state index in [2.05, 4.69) is 33.3 Å². The van der Waals surface area contributed by atoms with Crippen molar-refractivity contribution in [3.05, 3.63) is 65.7 Å². The maximum atomic E-state index is 13.7. The molecule has 2 heterocycles. The highest BCUT2D eigenvalue weighted by Crippen LogP contribution is 2.46. The Balaban J connectivity index is 1.53. The van der Waals surface area contributed by atoms with E-state index in [4.69, 9.17) is 9.26 Å². The lowest BCUT2D eigenvalue weighted by Gasteiger charge is -2.36. The maximum absolute atomic E-state index is 13.7. The summed E-state index contributed by atoms with van der Waals surface area (Å²) in [4.78, 5) is 18.5. The number of likely N-dealkylation sites (N-methyl/N-ethyl adjacent to an activating group) is 1. The first-order valence-electron chi connectivity index (χ1n) is 11.7. The van der Waals surface area contributed by atoms with Crippen molar-refractivity contribution in [2.24, 2.45) is 0 Å². The number of piperazine rings is 1. The first-order valence-corrected chi connectivity index (χ1v) is 11.7. The van der Waals surface area contributed by atoms with Crippen LogP contribution in [0.4, 0.5) is 17.1 Å². The van der Waals surface area contributed by atoms with Gasteiger partial charge in [-0.25, -0.2) is 0 Å². The van der Waals surface area contributed by atoms with Crippen LogP contribution >= 0.6 is 0 Å². The summed E-state index contributed by atoms with van der Waals surface area (Å²) in [6, 6.07) is 17.4. The summed E-state index contributed by atoms with van der Waals surface area (Å²) >= 11 is 0. The number of rotatable bonds is 5. The van der Waals surface area contributed by atoms with E-state index in [-0.39, 0.29) is 5.78 Å². The van der Waals surface area contributed by atoms with E-state index in [0.717, 1.165) is 72.0 Å². The van der Waals surface area contributed by atoms with Crippen LogP contribution in [0.2, 0.25) is 0 Å². The first kappa shape index (κ1) is 20.7. The summed E-state index contributed by atoms with van der Waals surface area (Å²) < 4.78 is 11.2. The second kappa shape index (κ2) is 8.18. The van der Waals surface area contributed by atoms with Crippen LogP contribution in [0.3, 0.4) is 0 Å². The monoisotopic (exact) mass is 454 g/mol. The first-order chi connectivity index (χ1) is 16.7. The third kappa shape index (κ3) is 3.23. The average molecular weight is 455 g/mol. The van der Waals surface area contributed by atoms with Crippen molar-refractivity contribution in [3.63, 3.8) is 0 Å². The molecule has 1 saturated heterocycles. The molecular weight excluding hydrogens is 428 g/mol. The normalized spacial score (nSPS) is 15.5. The van der Waals surface area contributed by atoms with Gasteiger partial charge in [0.2, 0.25) is 0 Å². The highest BCUT2D eigenvalue weighted by Gasteiger charge is 2.34. The van der Waals surface area contributed by atoms with Crippen molar-refractivity contribution in [3.8, 4) is 17.1 Å². The van der Waals surface area contributed by atoms with Crippen LogP contribution in [0.1, 0.15) is 22.8 Å². The number of fused-ring (bicyclic) bond motifs is 2. The van der Waals surface area contributed by atoms with Gasteiger partial charge < -0.3 is 24.4 Å². The number of nitrogens with one attached hydrogen (secondary N) is 1. The summed E-state index contributed by atoms with van der Waals surface area (Å²) in [5.74, 6) is 1.42. The third-order valence-corrected chi connectivity index (χ3v) is 6.91. The number of hydrogen-bond donors (Lipinski definition) is 1. The molecule has 2 aliphatic rings. The topological polar surface area (TPSA) is 70.8 Å². The second-order valence-electron chi connectivity index (χ2n) is 8.70. The Bertz CT molecular complexity index is 1390. The number of ketones is 1. The molecule has 0 saturated carbocycles. The van der Waals surface area contributed by atoms with Gasteiger partial charge in [-0.3, -0.25) is 4.79 Å². The summed E-state index contributed by atoms with van der Waals surface area (Å²) in [6.45, 7) is 7.03. The Hall–Kier alpha value is -3.84. The Morgan fingerprint density at radius 1 is 1.03 bits per heavy atom. The smallest absolute Gasteiger partial charge is 0.196 e. The number of aromatic nitrogens is 1. The highest BCUT2D eigenvalue weighted by molar-refractivity contribution is 6.28. The van der Waals surface area contributed by atoms with Gasteiger partial charge in [0, 0.05) is 43.0 Å². The van der Waals surface area contributed by atoms with Crippen LogP contribution < -0.4 is 15.0 Å². The number of carbonyl (C=O) groups excluding carboxylic acids is 1. The third-order valence-electron chi connectivity index (χ3n) is 6.91. The van der Waals surface area contributed by atoms with Crippen molar-refractivity contribution in [1.82, 2.24) is 10.1 Å². The molecule has 1 fully saturated rings. The number of methoxy groups -OCH3 is 1. The van der Waals surface area contributed by atoms with E-state index < -0.39 is 0 Å². The zero-order valence-electron chi connectivity index (χ0n) is 19.3. The molecule has 34 heavy (non-hydrogen) atoms. The predicted molar refractivity (Wildman–Crippen MR) is 133 cm³/mol. The summed E-state index contributed by atoms with van der Waals surface area (Å²) in [6.07, 6.45) is 0. The summed E-state index contributed by atoms with van der Waals surface area (Å²) in [5, 5.41) is 8.76. The molecule has 0 radical (unpaired) electrons. The van der Waals surface area contributed by atoms with Gasteiger partial charge in [0.1, 0.15) is 11.3 Å². The minimum Gasteiger partial charge on any atom is -0.497 e. The Morgan fingerprint density at radius 2 is 1.76 bits per heavy atom. The molecule has 3 aromatic carbocycles. The number of nitrogens with zero attached hydrogens (tertiary/aromatic N) is 3. The zero-order valence-corrected chi connectivity index (χ0v) is 19.3. The molecule has 7 nitrogen and oxygen atoms in total. The van der Waals surface area contributed by atoms with E-state index in [0.29, 0.717) is 16.9 Å². The lowest BCUT2D eigenvalue weighted by atomic mass is 9.86. The molecule has 0 atom stereocenters. The van der Waals surface area contributed by atoms with Crippen molar-refractivity contribution in [1.29, 1.82) is 0 Å². The molecule has 0 bridgehead atoms. The lowest BCUT2D eigenvalue weighted by molar-refractivity contribution is 0.104. The van der Waals surface area contributed by atoms with Gasteiger partial charge in [0.15, 0.2) is 11.5 Å².